The zero-order valence-corrected chi connectivity index (χ0v) is 17.5. The van der Waals surface area contributed by atoms with E-state index >= 15 is 0 Å². The van der Waals surface area contributed by atoms with E-state index in [0.717, 1.165) is 0 Å². The maximum Gasteiger partial charge on any atom is 0.0654 e. The van der Waals surface area contributed by atoms with Gasteiger partial charge in [-0.2, -0.15) is 0 Å². The van der Waals surface area contributed by atoms with Crippen LogP contribution in [0.3, 0.4) is 0 Å². The molecule has 142 valence electrons. The van der Waals surface area contributed by atoms with Crippen molar-refractivity contribution >= 4 is 24.1 Å². The third kappa shape index (κ3) is 2.51. The van der Waals surface area contributed by atoms with Crippen molar-refractivity contribution in [2.45, 2.75) is 5.41 Å². The molecule has 0 saturated heterocycles. The highest BCUT2D eigenvalue weighted by molar-refractivity contribution is 7.79. The van der Waals surface area contributed by atoms with E-state index < -0.39 is 7.92 Å². The molecule has 0 N–H and O–H groups in total. The molecule has 3 aliphatic rings. The van der Waals surface area contributed by atoms with Crippen LogP contribution in [-0.2, 0) is 5.41 Å². The van der Waals surface area contributed by atoms with Crippen molar-refractivity contribution in [2.24, 2.45) is 0 Å². The van der Waals surface area contributed by atoms with Gasteiger partial charge in [-0.25, -0.2) is 0 Å². The second-order valence-electron chi connectivity index (χ2n) is 7.87. The van der Waals surface area contributed by atoms with Gasteiger partial charge >= 0.3 is 0 Å². The van der Waals surface area contributed by atoms with Crippen molar-refractivity contribution in [3.05, 3.63) is 149 Å². The van der Waals surface area contributed by atoms with Crippen molar-refractivity contribution in [1.29, 1.82) is 0 Å². The molecule has 30 heavy (non-hydrogen) atoms. The molecule has 0 saturated carbocycles. The van der Waals surface area contributed by atoms with Crippen LogP contribution < -0.4 is 5.30 Å². The summed E-state index contributed by atoms with van der Waals surface area (Å²) < 4.78 is 0. The number of hydrogen-bond acceptors (Lipinski definition) is 0. The van der Waals surface area contributed by atoms with E-state index in [4.69, 9.17) is 0 Å². The fourth-order valence-electron chi connectivity index (χ4n) is 4.94. The number of rotatable bonds is 3. The van der Waals surface area contributed by atoms with Gasteiger partial charge in [0.15, 0.2) is 0 Å². The Bertz CT molecular complexity index is 1270. The molecule has 0 nitrogen and oxygen atoms in total. The molecule has 2 atom stereocenters. The van der Waals surface area contributed by atoms with Crippen LogP contribution in [0.1, 0.15) is 22.3 Å². The molecular weight excluding hydrogens is 379 g/mol. The average molecular weight is 400 g/mol. The highest BCUT2D eigenvalue weighted by atomic mass is 31.1. The topological polar surface area (TPSA) is 0 Å². The molecule has 3 aliphatic heterocycles. The normalized spacial score (nSPS) is 21.5. The molecule has 0 radical (unpaired) electrons. The largest absolute Gasteiger partial charge is 0.0654 e. The summed E-state index contributed by atoms with van der Waals surface area (Å²) in [6, 6.07) is 41.9. The van der Waals surface area contributed by atoms with Gasteiger partial charge in [0.05, 0.1) is 5.41 Å². The van der Waals surface area contributed by atoms with Crippen LogP contribution in [0, 0.1) is 0 Å². The standard InChI is InChI=1S/C29H21P/c1-4-12-22(13-5-1)26-21-30-27-19-11-10-18-25(27)29(26,24-16-8-3-9-17-24)20-28(30)23-14-6-2-7-15-23/h1-21H. The fraction of sp³-hybridized carbons (Fsp3) is 0.0345. The summed E-state index contributed by atoms with van der Waals surface area (Å²) in [6.07, 6.45) is 2.56. The summed E-state index contributed by atoms with van der Waals surface area (Å²) >= 11 is 0. The molecule has 4 aromatic carbocycles. The molecule has 0 amide bonds. The van der Waals surface area contributed by atoms with E-state index in [9.17, 15) is 0 Å². The van der Waals surface area contributed by atoms with Crippen molar-refractivity contribution in [2.75, 3.05) is 0 Å². The molecule has 0 aromatic heterocycles. The van der Waals surface area contributed by atoms with Crippen LogP contribution in [0.15, 0.2) is 127 Å². The van der Waals surface area contributed by atoms with Gasteiger partial charge in [0, 0.05) is 0 Å². The highest BCUT2D eigenvalue weighted by Crippen LogP contribution is 2.67. The van der Waals surface area contributed by atoms with Crippen LogP contribution in [0.2, 0.25) is 0 Å². The monoisotopic (exact) mass is 400 g/mol. The van der Waals surface area contributed by atoms with E-state index in [-0.39, 0.29) is 5.41 Å². The fourth-order valence-corrected chi connectivity index (χ4v) is 7.60. The van der Waals surface area contributed by atoms with Crippen LogP contribution in [-0.4, -0.2) is 0 Å². The molecule has 4 aromatic rings. The lowest BCUT2D eigenvalue weighted by Gasteiger charge is -2.47. The van der Waals surface area contributed by atoms with E-state index in [2.05, 4.69) is 127 Å². The molecule has 3 heterocycles. The molecular formula is C29H21P. The first-order chi connectivity index (χ1) is 14.9. The predicted molar refractivity (Wildman–Crippen MR) is 129 cm³/mol. The highest BCUT2D eigenvalue weighted by Gasteiger charge is 2.47. The van der Waals surface area contributed by atoms with E-state index in [0.29, 0.717) is 0 Å². The summed E-state index contributed by atoms with van der Waals surface area (Å²) in [5.74, 6) is 2.57. The number of allylic oxidation sites excluding steroid dienone is 2. The Labute approximate surface area is 179 Å². The average Bonchev–Trinajstić information content (AvgIpc) is 2.85. The zero-order chi connectivity index (χ0) is 20.0. The smallest absolute Gasteiger partial charge is 0.0622 e. The SMILES string of the molecule is C1=C(c2ccccc2)P2C=C(c3ccccc3)C1(c1ccccc1)c1ccccc12. The Morgan fingerprint density at radius 1 is 0.533 bits per heavy atom. The lowest BCUT2D eigenvalue weighted by molar-refractivity contribution is 0.842. The Hall–Kier alpha value is -3.21. The molecule has 1 heteroatoms. The number of benzene rings is 4. The van der Waals surface area contributed by atoms with Crippen molar-refractivity contribution in [3.63, 3.8) is 0 Å². The maximum absolute atomic E-state index is 2.57. The van der Waals surface area contributed by atoms with Gasteiger partial charge in [-0.1, -0.05) is 121 Å². The van der Waals surface area contributed by atoms with Gasteiger partial charge in [-0.3, -0.25) is 0 Å². The van der Waals surface area contributed by atoms with Crippen molar-refractivity contribution in [3.8, 4) is 0 Å². The van der Waals surface area contributed by atoms with Gasteiger partial charge in [-0.15, -0.1) is 0 Å². The first-order valence-corrected chi connectivity index (χ1v) is 11.8. The van der Waals surface area contributed by atoms with Crippen molar-refractivity contribution in [1.82, 2.24) is 0 Å². The van der Waals surface area contributed by atoms with Gasteiger partial charge in [0.25, 0.3) is 0 Å². The maximum atomic E-state index is 2.57. The minimum atomic E-state index is -0.545. The molecule has 2 unspecified atom stereocenters. The summed E-state index contributed by atoms with van der Waals surface area (Å²) in [4.78, 5) is 0. The molecule has 7 rings (SSSR count). The van der Waals surface area contributed by atoms with Gasteiger partial charge in [0.2, 0.25) is 0 Å². The lowest BCUT2D eigenvalue weighted by Crippen LogP contribution is -2.38. The summed E-state index contributed by atoms with van der Waals surface area (Å²) in [6.45, 7) is 0. The van der Waals surface area contributed by atoms with Crippen LogP contribution in [0.4, 0.5) is 0 Å². The minimum absolute atomic E-state index is 0.276. The van der Waals surface area contributed by atoms with Gasteiger partial charge < -0.3 is 0 Å². The Morgan fingerprint density at radius 3 is 1.80 bits per heavy atom. The van der Waals surface area contributed by atoms with E-state index in [1.54, 1.807) is 0 Å². The molecule has 0 aliphatic carbocycles. The Kier molecular flexibility index (Phi) is 4.08. The zero-order valence-electron chi connectivity index (χ0n) is 16.6. The van der Waals surface area contributed by atoms with Crippen LogP contribution >= 0.6 is 7.92 Å². The predicted octanol–water partition coefficient (Wildman–Crippen LogP) is 7.19. The minimum Gasteiger partial charge on any atom is -0.0622 e. The van der Waals surface area contributed by atoms with E-state index in [1.807, 2.05) is 0 Å². The van der Waals surface area contributed by atoms with Gasteiger partial charge in [-0.05, 0) is 52.2 Å². The van der Waals surface area contributed by atoms with Crippen LogP contribution in [0.5, 0.6) is 0 Å². The van der Waals surface area contributed by atoms with Crippen LogP contribution in [0.25, 0.3) is 10.9 Å². The first-order valence-electron chi connectivity index (χ1n) is 10.4. The summed E-state index contributed by atoms with van der Waals surface area (Å²) in [5.41, 5.74) is 6.55. The Balaban J connectivity index is 1.71. The Morgan fingerprint density at radius 2 is 1.10 bits per heavy atom. The summed E-state index contributed by atoms with van der Waals surface area (Å²) in [5, 5.41) is 2.95. The third-order valence-electron chi connectivity index (χ3n) is 6.27. The second-order valence-corrected chi connectivity index (χ2v) is 9.83. The van der Waals surface area contributed by atoms with Gasteiger partial charge in [0.1, 0.15) is 0 Å². The first kappa shape index (κ1) is 17.6. The molecule has 0 fully saturated rings. The van der Waals surface area contributed by atoms with Crippen molar-refractivity contribution < 1.29 is 0 Å². The lowest BCUT2D eigenvalue weighted by atomic mass is 9.66. The van der Waals surface area contributed by atoms with E-state index in [1.165, 1.54) is 38.4 Å². The third-order valence-corrected chi connectivity index (χ3v) is 8.60. The second kappa shape index (κ2) is 6.94. The number of hydrogen-bond donors (Lipinski definition) is 0. The molecule has 2 bridgehead atoms. The summed E-state index contributed by atoms with van der Waals surface area (Å²) in [7, 11) is -0.545. The quantitative estimate of drug-likeness (QED) is 0.319. The molecule has 0 spiro atoms.